The van der Waals surface area contributed by atoms with E-state index in [4.69, 9.17) is 5.73 Å². The fourth-order valence-electron chi connectivity index (χ4n) is 1.42. The molecule has 0 fully saturated rings. The Hall–Kier alpha value is -1.81. The van der Waals surface area contributed by atoms with Crippen LogP contribution in [0.15, 0.2) is 30.5 Å². The molecule has 4 heteroatoms. The largest absolute Gasteiger partial charge is 0.369 e. The topological polar surface area (TPSA) is 84.9 Å². The molecule has 16 heavy (non-hydrogen) atoms. The van der Waals surface area contributed by atoms with Gasteiger partial charge in [0.1, 0.15) is 0 Å². The monoisotopic (exact) mass is 219 g/mol. The van der Waals surface area contributed by atoms with Crippen molar-refractivity contribution in [2.45, 2.75) is 13.3 Å². The summed E-state index contributed by atoms with van der Waals surface area (Å²) in [5.41, 5.74) is 11.9. The number of benzene rings is 1. The van der Waals surface area contributed by atoms with Gasteiger partial charge in [0.2, 0.25) is 5.91 Å². The number of aromatic nitrogens is 1. The lowest BCUT2D eigenvalue weighted by atomic mass is 10.1. The summed E-state index contributed by atoms with van der Waals surface area (Å²) in [4.78, 5) is 12.7. The van der Waals surface area contributed by atoms with Crippen LogP contribution < -0.4 is 11.5 Å². The Morgan fingerprint density at radius 2 is 2.00 bits per heavy atom. The quantitative estimate of drug-likeness (QED) is 0.708. The first-order chi connectivity index (χ1) is 7.69. The summed E-state index contributed by atoms with van der Waals surface area (Å²) in [5, 5.41) is 1.36. The molecular formula is C12H17N3O. The number of hydrogen-bond donors (Lipinski definition) is 3. The van der Waals surface area contributed by atoms with E-state index in [0.717, 1.165) is 6.42 Å². The maximum atomic E-state index is 9.47. The van der Waals surface area contributed by atoms with Gasteiger partial charge in [0.05, 0.1) is 6.54 Å². The minimum Gasteiger partial charge on any atom is -0.369 e. The lowest BCUT2D eigenvalue weighted by Crippen LogP contribution is -2.21. The number of amides is 1. The van der Waals surface area contributed by atoms with Crippen LogP contribution in [-0.4, -0.2) is 17.4 Å². The van der Waals surface area contributed by atoms with Gasteiger partial charge in [-0.2, -0.15) is 0 Å². The van der Waals surface area contributed by atoms with Gasteiger partial charge in [-0.05, 0) is 18.1 Å². The van der Waals surface area contributed by atoms with E-state index in [0.29, 0.717) is 0 Å². The number of nitrogens with two attached hydrogens (primary N) is 2. The molecule has 1 amide bonds. The van der Waals surface area contributed by atoms with Crippen molar-refractivity contribution in [3.05, 3.63) is 36.0 Å². The average molecular weight is 219 g/mol. The minimum absolute atomic E-state index is 0.0556. The van der Waals surface area contributed by atoms with Crippen LogP contribution in [0, 0.1) is 0 Å². The van der Waals surface area contributed by atoms with E-state index >= 15 is 0 Å². The first-order valence-corrected chi connectivity index (χ1v) is 5.22. The van der Waals surface area contributed by atoms with Crippen LogP contribution >= 0.6 is 0 Å². The Labute approximate surface area is 94.6 Å². The number of nitrogens with one attached hydrogen (secondary N) is 1. The average Bonchev–Trinajstić information content (AvgIpc) is 2.72. The highest BCUT2D eigenvalue weighted by Crippen LogP contribution is 2.17. The van der Waals surface area contributed by atoms with E-state index in [1.807, 2.05) is 0 Å². The van der Waals surface area contributed by atoms with Gasteiger partial charge in [-0.3, -0.25) is 4.79 Å². The second-order valence-corrected chi connectivity index (χ2v) is 3.38. The zero-order valence-electron chi connectivity index (χ0n) is 9.36. The normalized spacial score (nSPS) is 9.62. The van der Waals surface area contributed by atoms with Crippen molar-refractivity contribution in [1.82, 2.24) is 4.98 Å². The van der Waals surface area contributed by atoms with Gasteiger partial charge in [-0.1, -0.05) is 25.1 Å². The number of fused-ring (bicyclic) bond motifs is 1. The highest BCUT2D eigenvalue weighted by Gasteiger charge is 1.97. The van der Waals surface area contributed by atoms with Gasteiger partial charge in [0.25, 0.3) is 0 Å². The Bertz CT molecular complexity index is 462. The molecule has 0 unspecified atom stereocenters. The summed E-state index contributed by atoms with van der Waals surface area (Å²) in [6.45, 7) is 2.12. The summed E-state index contributed by atoms with van der Waals surface area (Å²) >= 11 is 0. The molecular weight excluding hydrogens is 202 g/mol. The maximum Gasteiger partial charge on any atom is 0.231 e. The fourth-order valence-corrected chi connectivity index (χ4v) is 1.42. The van der Waals surface area contributed by atoms with Crippen molar-refractivity contribution in [2.75, 3.05) is 6.54 Å². The smallest absolute Gasteiger partial charge is 0.231 e. The number of rotatable bonds is 2. The van der Waals surface area contributed by atoms with Crippen LogP contribution in [-0.2, 0) is 11.2 Å². The molecule has 1 aromatic carbocycles. The van der Waals surface area contributed by atoms with Crippen molar-refractivity contribution in [2.24, 2.45) is 11.5 Å². The number of aryl methyl sites for hydroxylation is 1. The predicted octanol–water partition coefficient (Wildman–Crippen LogP) is 1.16. The third-order valence-electron chi connectivity index (χ3n) is 2.26. The zero-order chi connectivity index (χ0) is 12.0. The molecule has 0 bridgehead atoms. The van der Waals surface area contributed by atoms with E-state index in [9.17, 15) is 4.79 Å². The van der Waals surface area contributed by atoms with E-state index in [1.54, 1.807) is 0 Å². The minimum atomic E-state index is -0.468. The van der Waals surface area contributed by atoms with E-state index in [2.05, 4.69) is 48.1 Å². The molecule has 0 aliphatic rings. The third-order valence-corrected chi connectivity index (χ3v) is 2.26. The molecule has 86 valence electrons. The SMILES string of the molecule is CCc1c[nH]c2ccccc12.NCC(N)=O. The van der Waals surface area contributed by atoms with Gasteiger partial charge in [-0.15, -0.1) is 0 Å². The molecule has 1 aromatic heterocycles. The van der Waals surface area contributed by atoms with E-state index in [1.165, 1.54) is 16.5 Å². The number of primary amides is 1. The van der Waals surface area contributed by atoms with Gasteiger partial charge < -0.3 is 16.5 Å². The van der Waals surface area contributed by atoms with Crippen molar-refractivity contribution in [1.29, 1.82) is 0 Å². The number of carbonyl (C=O) groups is 1. The lowest BCUT2D eigenvalue weighted by Gasteiger charge is -1.90. The number of H-pyrrole nitrogens is 1. The molecule has 0 aliphatic carbocycles. The van der Waals surface area contributed by atoms with E-state index < -0.39 is 5.91 Å². The zero-order valence-corrected chi connectivity index (χ0v) is 9.36. The molecule has 0 saturated heterocycles. The van der Waals surface area contributed by atoms with Crippen LogP contribution in [0.3, 0.4) is 0 Å². The summed E-state index contributed by atoms with van der Waals surface area (Å²) < 4.78 is 0. The lowest BCUT2D eigenvalue weighted by molar-refractivity contribution is -0.116. The Kier molecular flexibility index (Phi) is 4.54. The molecule has 0 saturated carbocycles. The highest BCUT2D eigenvalue weighted by molar-refractivity contribution is 5.82. The second-order valence-electron chi connectivity index (χ2n) is 3.38. The van der Waals surface area contributed by atoms with Crippen molar-refractivity contribution in [3.8, 4) is 0 Å². The number of aromatic amines is 1. The summed E-state index contributed by atoms with van der Waals surface area (Å²) in [6, 6.07) is 8.40. The summed E-state index contributed by atoms with van der Waals surface area (Å²) in [6.07, 6.45) is 3.19. The second kappa shape index (κ2) is 5.92. The Balaban J connectivity index is 0.000000221. The van der Waals surface area contributed by atoms with E-state index in [-0.39, 0.29) is 6.54 Å². The predicted molar refractivity (Wildman–Crippen MR) is 65.9 cm³/mol. The highest BCUT2D eigenvalue weighted by atomic mass is 16.1. The molecule has 0 aliphatic heterocycles. The van der Waals surface area contributed by atoms with Crippen LogP contribution in [0.5, 0.6) is 0 Å². The van der Waals surface area contributed by atoms with Crippen molar-refractivity contribution in [3.63, 3.8) is 0 Å². The van der Waals surface area contributed by atoms with Crippen LogP contribution in [0.25, 0.3) is 10.9 Å². The first kappa shape index (κ1) is 12.3. The van der Waals surface area contributed by atoms with Crippen LogP contribution in [0.4, 0.5) is 0 Å². The number of carbonyl (C=O) groups excluding carboxylic acids is 1. The molecule has 0 atom stereocenters. The molecule has 0 radical (unpaired) electrons. The number of para-hydroxylation sites is 1. The van der Waals surface area contributed by atoms with Crippen molar-refractivity contribution >= 4 is 16.8 Å². The fraction of sp³-hybridized carbons (Fsp3) is 0.250. The Morgan fingerprint density at radius 1 is 1.38 bits per heavy atom. The molecule has 2 rings (SSSR count). The van der Waals surface area contributed by atoms with Crippen LogP contribution in [0.1, 0.15) is 12.5 Å². The Morgan fingerprint density at radius 3 is 2.56 bits per heavy atom. The molecule has 5 N–H and O–H groups in total. The van der Waals surface area contributed by atoms with Gasteiger partial charge in [0.15, 0.2) is 0 Å². The standard InChI is InChI=1S/C10H11N.C2H6N2O/c1-2-8-7-11-10-6-4-3-5-9(8)10;3-1-2(4)5/h3-7,11H,2H2,1H3;1,3H2,(H2,4,5). The first-order valence-electron chi connectivity index (χ1n) is 5.22. The number of hydrogen-bond acceptors (Lipinski definition) is 2. The summed E-state index contributed by atoms with van der Waals surface area (Å²) in [7, 11) is 0. The summed E-state index contributed by atoms with van der Waals surface area (Å²) in [5.74, 6) is -0.468. The van der Waals surface area contributed by atoms with Gasteiger partial charge >= 0.3 is 0 Å². The maximum absolute atomic E-state index is 9.47. The van der Waals surface area contributed by atoms with Crippen molar-refractivity contribution < 1.29 is 4.79 Å². The molecule has 0 spiro atoms. The third kappa shape index (κ3) is 3.10. The molecule has 4 nitrogen and oxygen atoms in total. The molecule has 1 heterocycles. The van der Waals surface area contributed by atoms with Gasteiger partial charge in [0, 0.05) is 17.1 Å². The molecule has 2 aromatic rings. The van der Waals surface area contributed by atoms with Crippen LogP contribution in [0.2, 0.25) is 0 Å². The van der Waals surface area contributed by atoms with Gasteiger partial charge in [-0.25, -0.2) is 0 Å².